The van der Waals surface area contributed by atoms with E-state index in [0.29, 0.717) is 18.7 Å². The summed E-state index contributed by atoms with van der Waals surface area (Å²) in [6.45, 7) is 8.74. The van der Waals surface area contributed by atoms with Gasteiger partial charge in [0.05, 0.1) is 0 Å². The number of hydrogen-bond acceptors (Lipinski definition) is 3. The summed E-state index contributed by atoms with van der Waals surface area (Å²) in [5, 5.41) is 3.10. The number of benzene rings is 2. The molecule has 2 heterocycles. The Bertz CT molecular complexity index is 925. The van der Waals surface area contributed by atoms with Gasteiger partial charge in [-0.2, -0.15) is 0 Å². The highest BCUT2D eigenvalue weighted by Crippen LogP contribution is 2.35. The molecule has 0 bridgehead atoms. The molecule has 2 atom stereocenters. The monoisotopic (exact) mass is 419 g/mol. The first-order valence-corrected chi connectivity index (χ1v) is 11.5. The van der Waals surface area contributed by atoms with E-state index < -0.39 is 6.04 Å². The van der Waals surface area contributed by atoms with E-state index in [1.807, 2.05) is 55.5 Å². The van der Waals surface area contributed by atoms with E-state index in [9.17, 15) is 9.59 Å². The molecule has 2 amide bonds. The number of nitrogens with one attached hydrogen (secondary N) is 1. The number of nitrogens with zero attached hydrogens (tertiary/aromatic N) is 2. The second kappa shape index (κ2) is 9.65. The second-order valence-electron chi connectivity index (χ2n) is 9.10. The quantitative estimate of drug-likeness (QED) is 0.692. The van der Waals surface area contributed by atoms with Gasteiger partial charge in [-0.15, -0.1) is 0 Å². The molecule has 0 radical (unpaired) electrons. The van der Waals surface area contributed by atoms with Crippen molar-refractivity contribution < 1.29 is 9.59 Å². The molecule has 31 heavy (non-hydrogen) atoms. The first-order chi connectivity index (χ1) is 15.0. The standard InChI is InChI=1S/C26H33N3O2/c1-19-10-12-21(13-11-19)18-29-24(22-8-3-4-9-23(22)26(29)31)25(30)27-14-6-16-28-15-5-7-20(2)17-28/h3-4,8-13,20,24H,5-7,14-18H2,1-2H3,(H,27,30)/t20-,24+/m1/s1. The number of piperidine rings is 1. The Morgan fingerprint density at radius 1 is 1.13 bits per heavy atom. The largest absolute Gasteiger partial charge is 0.354 e. The number of rotatable bonds is 7. The number of hydrogen-bond donors (Lipinski definition) is 1. The van der Waals surface area contributed by atoms with E-state index in [0.717, 1.165) is 43.1 Å². The number of aryl methyl sites for hydroxylation is 1. The molecule has 5 heteroatoms. The van der Waals surface area contributed by atoms with Crippen LogP contribution in [0.5, 0.6) is 0 Å². The highest BCUT2D eigenvalue weighted by molar-refractivity contribution is 6.04. The zero-order chi connectivity index (χ0) is 21.8. The molecule has 0 unspecified atom stereocenters. The van der Waals surface area contributed by atoms with Crippen molar-refractivity contribution in [3.05, 3.63) is 70.8 Å². The van der Waals surface area contributed by atoms with Gasteiger partial charge in [0.2, 0.25) is 5.91 Å². The van der Waals surface area contributed by atoms with Crippen molar-refractivity contribution in [3.8, 4) is 0 Å². The number of amides is 2. The number of carbonyl (C=O) groups is 2. The van der Waals surface area contributed by atoms with Gasteiger partial charge < -0.3 is 15.1 Å². The Morgan fingerprint density at radius 2 is 1.90 bits per heavy atom. The highest BCUT2D eigenvalue weighted by atomic mass is 16.2. The van der Waals surface area contributed by atoms with Gasteiger partial charge in [-0.05, 0) is 62.4 Å². The van der Waals surface area contributed by atoms with Crippen LogP contribution in [0.4, 0.5) is 0 Å². The number of likely N-dealkylation sites (tertiary alicyclic amines) is 1. The topological polar surface area (TPSA) is 52.7 Å². The smallest absolute Gasteiger partial charge is 0.255 e. The van der Waals surface area contributed by atoms with Crippen LogP contribution in [0.2, 0.25) is 0 Å². The van der Waals surface area contributed by atoms with Crippen molar-refractivity contribution in [3.63, 3.8) is 0 Å². The molecule has 164 valence electrons. The van der Waals surface area contributed by atoms with Crippen LogP contribution in [-0.4, -0.2) is 47.8 Å². The van der Waals surface area contributed by atoms with Crippen molar-refractivity contribution in [2.24, 2.45) is 5.92 Å². The van der Waals surface area contributed by atoms with Crippen molar-refractivity contribution in [2.75, 3.05) is 26.2 Å². The van der Waals surface area contributed by atoms with Gasteiger partial charge >= 0.3 is 0 Å². The van der Waals surface area contributed by atoms with Gasteiger partial charge in [0, 0.05) is 25.2 Å². The molecule has 1 saturated heterocycles. The molecule has 4 rings (SSSR count). The summed E-state index contributed by atoms with van der Waals surface area (Å²) in [6, 6.07) is 15.1. The van der Waals surface area contributed by atoms with E-state index in [-0.39, 0.29) is 11.8 Å². The van der Waals surface area contributed by atoms with Gasteiger partial charge in [0.1, 0.15) is 6.04 Å². The summed E-state index contributed by atoms with van der Waals surface area (Å²) >= 11 is 0. The van der Waals surface area contributed by atoms with E-state index in [1.165, 1.54) is 18.4 Å². The molecule has 2 aromatic carbocycles. The zero-order valence-electron chi connectivity index (χ0n) is 18.6. The molecule has 0 aromatic heterocycles. The fraction of sp³-hybridized carbons (Fsp3) is 0.462. The minimum absolute atomic E-state index is 0.0707. The Kier molecular flexibility index (Phi) is 6.71. The molecule has 2 aliphatic heterocycles. The summed E-state index contributed by atoms with van der Waals surface area (Å²) in [7, 11) is 0. The molecule has 0 aliphatic carbocycles. The van der Waals surface area contributed by atoms with Crippen molar-refractivity contribution in [2.45, 2.75) is 45.7 Å². The van der Waals surface area contributed by atoms with Crippen LogP contribution in [0, 0.1) is 12.8 Å². The zero-order valence-corrected chi connectivity index (χ0v) is 18.6. The summed E-state index contributed by atoms with van der Waals surface area (Å²) in [5.74, 6) is 0.607. The SMILES string of the molecule is Cc1ccc(CN2C(=O)c3ccccc3[C@H]2C(=O)NCCCN2CCC[C@@H](C)C2)cc1. The van der Waals surface area contributed by atoms with Crippen molar-refractivity contribution >= 4 is 11.8 Å². The van der Waals surface area contributed by atoms with Gasteiger partial charge in [-0.1, -0.05) is 55.0 Å². The van der Waals surface area contributed by atoms with Crippen LogP contribution < -0.4 is 5.32 Å². The third-order valence-corrected chi connectivity index (χ3v) is 6.47. The molecular formula is C26H33N3O2. The summed E-state index contributed by atoms with van der Waals surface area (Å²) in [4.78, 5) is 30.5. The maximum Gasteiger partial charge on any atom is 0.255 e. The summed E-state index contributed by atoms with van der Waals surface area (Å²) < 4.78 is 0. The van der Waals surface area contributed by atoms with Gasteiger partial charge in [0.15, 0.2) is 0 Å². The number of fused-ring (bicyclic) bond motifs is 1. The lowest BCUT2D eigenvalue weighted by molar-refractivity contribution is -0.125. The molecule has 1 N–H and O–H groups in total. The molecule has 0 spiro atoms. The first-order valence-electron chi connectivity index (χ1n) is 11.5. The predicted molar refractivity (Wildman–Crippen MR) is 123 cm³/mol. The minimum Gasteiger partial charge on any atom is -0.354 e. The average molecular weight is 420 g/mol. The Morgan fingerprint density at radius 3 is 2.68 bits per heavy atom. The van der Waals surface area contributed by atoms with E-state index in [4.69, 9.17) is 0 Å². The normalized spacial score (nSPS) is 21.2. The van der Waals surface area contributed by atoms with Crippen molar-refractivity contribution in [1.29, 1.82) is 0 Å². The maximum absolute atomic E-state index is 13.2. The summed E-state index contributed by atoms with van der Waals surface area (Å²) in [6.07, 6.45) is 3.51. The molecule has 0 saturated carbocycles. The maximum atomic E-state index is 13.2. The Labute approximate surface area is 185 Å². The average Bonchev–Trinajstić information content (AvgIpc) is 3.05. The Hall–Kier alpha value is -2.66. The van der Waals surface area contributed by atoms with Gasteiger partial charge in [-0.25, -0.2) is 0 Å². The van der Waals surface area contributed by atoms with Crippen LogP contribution >= 0.6 is 0 Å². The number of carbonyl (C=O) groups excluding carboxylic acids is 2. The highest BCUT2D eigenvalue weighted by Gasteiger charge is 2.40. The molecule has 5 nitrogen and oxygen atoms in total. The lowest BCUT2D eigenvalue weighted by atomic mass is 10.0. The van der Waals surface area contributed by atoms with Crippen LogP contribution in [0.25, 0.3) is 0 Å². The van der Waals surface area contributed by atoms with Crippen LogP contribution in [0.15, 0.2) is 48.5 Å². The first kappa shape index (κ1) is 21.6. The molecule has 1 fully saturated rings. The summed E-state index contributed by atoms with van der Waals surface area (Å²) in [5.41, 5.74) is 3.65. The third-order valence-electron chi connectivity index (χ3n) is 6.47. The third kappa shape index (κ3) is 4.99. The van der Waals surface area contributed by atoms with Gasteiger partial charge in [0.25, 0.3) is 5.91 Å². The van der Waals surface area contributed by atoms with Gasteiger partial charge in [-0.3, -0.25) is 9.59 Å². The fourth-order valence-corrected chi connectivity index (χ4v) is 4.81. The molecule has 2 aliphatic rings. The molecular weight excluding hydrogens is 386 g/mol. The second-order valence-corrected chi connectivity index (χ2v) is 9.10. The van der Waals surface area contributed by atoms with Crippen LogP contribution in [0.1, 0.15) is 59.3 Å². The van der Waals surface area contributed by atoms with Crippen LogP contribution in [0.3, 0.4) is 0 Å². The lowest BCUT2D eigenvalue weighted by Gasteiger charge is -2.30. The lowest BCUT2D eigenvalue weighted by Crippen LogP contribution is -2.40. The molecule has 2 aromatic rings. The predicted octanol–water partition coefficient (Wildman–Crippen LogP) is 3.93. The minimum atomic E-state index is -0.569. The fourth-order valence-electron chi connectivity index (χ4n) is 4.81. The van der Waals surface area contributed by atoms with Crippen LogP contribution in [-0.2, 0) is 11.3 Å². The van der Waals surface area contributed by atoms with E-state index in [1.54, 1.807) is 4.90 Å². The Balaban J connectivity index is 1.41. The van der Waals surface area contributed by atoms with Crippen molar-refractivity contribution in [1.82, 2.24) is 15.1 Å². The van der Waals surface area contributed by atoms with E-state index in [2.05, 4.69) is 17.1 Å². The van der Waals surface area contributed by atoms with E-state index >= 15 is 0 Å².